The van der Waals surface area contributed by atoms with Crippen LogP contribution in [0, 0.1) is 47.3 Å². The van der Waals surface area contributed by atoms with Gasteiger partial charge in [-0.3, -0.25) is 0 Å². The molecule has 7 unspecified atom stereocenters. The minimum absolute atomic E-state index is 0.0211. The molecule has 0 aromatic rings. The lowest BCUT2D eigenvalue weighted by molar-refractivity contribution is -0.0367. The van der Waals surface area contributed by atoms with Crippen LogP contribution in [-0.2, 0) is 0 Å². The van der Waals surface area contributed by atoms with E-state index in [1.807, 2.05) is 0 Å². The predicted octanol–water partition coefficient (Wildman–Crippen LogP) is 9.27. The lowest BCUT2D eigenvalue weighted by atomic mass is 9.63. The second-order valence-corrected chi connectivity index (χ2v) is 12.5. The fourth-order valence-corrected chi connectivity index (χ4v) is 8.24. The van der Waals surface area contributed by atoms with Gasteiger partial charge < -0.3 is 0 Å². The molecular weight excluding hydrogens is 405 g/mol. The second kappa shape index (κ2) is 11.5. The summed E-state index contributed by atoms with van der Waals surface area (Å²) in [6.45, 7) is 4.41. The van der Waals surface area contributed by atoms with Gasteiger partial charge in [0.15, 0.2) is 0 Å². The summed E-state index contributed by atoms with van der Waals surface area (Å²) in [6, 6.07) is 0. The van der Waals surface area contributed by atoms with E-state index in [-0.39, 0.29) is 11.8 Å². The number of rotatable bonds is 6. The standard InChI is InChI=1S/C29H49F3/c1-3-22-13-10-21(18-27(22)30)7-6-20-8-14-24(15-9-20)26-17-16-25(28(31)29(26)32)23-11-4-19(2)5-12-23/h19-29H,3-18H2,1-2H3. The second-order valence-electron chi connectivity index (χ2n) is 12.5. The molecule has 0 bridgehead atoms. The van der Waals surface area contributed by atoms with E-state index in [1.54, 1.807) is 0 Å². The molecule has 7 atom stereocenters. The van der Waals surface area contributed by atoms with E-state index in [9.17, 15) is 4.39 Å². The highest BCUT2D eigenvalue weighted by atomic mass is 19.2. The zero-order chi connectivity index (χ0) is 22.7. The lowest BCUT2D eigenvalue weighted by Gasteiger charge is -2.44. The molecule has 0 saturated heterocycles. The summed E-state index contributed by atoms with van der Waals surface area (Å²) in [6.07, 6.45) is 14.4. The molecule has 4 aliphatic carbocycles. The van der Waals surface area contributed by atoms with Crippen LogP contribution in [0.25, 0.3) is 0 Å². The van der Waals surface area contributed by atoms with Crippen LogP contribution in [0.15, 0.2) is 0 Å². The fourth-order valence-electron chi connectivity index (χ4n) is 8.24. The van der Waals surface area contributed by atoms with Crippen molar-refractivity contribution in [2.75, 3.05) is 0 Å². The van der Waals surface area contributed by atoms with Crippen molar-refractivity contribution in [1.29, 1.82) is 0 Å². The molecule has 0 heterocycles. The van der Waals surface area contributed by atoms with Gasteiger partial charge in [-0.1, -0.05) is 58.8 Å². The first-order chi connectivity index (χ1) is 15.5. The van der Waals surface area contributed by atoms with E-state index in [0.717, 1.165) is 69.6 Å². The first-order valence-electron chi connectivity index (χ1n) is 14.4. The summed E-state index contributed by atoms with van der Waals surface area (Å²) in [5, 5.41) is 0. The summed E-state index contributed by atoms with van der Waals surface area (Å²) < 4.78 is 44.8. The highest BCUT2D eigenvalue weighted by molar-refractivity contribution is 4.95. The van der Waals surface area contributed by atoms with E-state index in [0.29, 0.717) is 23.7 Å². The molecule has 0 aliphatic heterocycles. The van der Waals surface area contributed by atoms with Gasteiger partial charge in [0.05, 0.1) is 0 Å². The Hall–Kier alpha value is -0.210. The maximum absolute atomic E-state index is 15.3. The first kappa shape index (κ1) is 24.9. The average molecular weight is 455 g/mol. The van der Waals surface area contributed by atoms with Crippen LogP contribution >= 0.6 is 0 Å². The third kappa shape index (κ3) is 5.88. The summed E-state index contributed by atoms with van der Waals surface area (Å²) >= 11 is 0. The monoisotopic (exact) mass is 454 g/mol. The Kier molecular flexibility index (Phi) is 8.93. The van der Waals surface area contributed by atoms with E-state index in [4.69, 9.17) is 0 Å². The molecule has 4 saturated carbocycles. The topological polar surface area (TPSA) is 0 Å². The number of hydrogen-bond acceptors (Lipinski definition) is 0. The predicted molar refractivity (Wildman–Crippen MR) is 128 cm³/mol. The minimum atomic E-state index is -1.23. The Bertz CT molecular complexity index is 549. The Morgan fingerprint density at radius 3 is 1.62 bits per heavy atom. The third-order valence-corrected chi connectivity index (χ3v) is 10.6. The number of halogens is 3. The summed E-state index contributed by atoms with van der Waals surface area (Å²) in [7, 11) is 0. The van der Waals surface area contributed by atoms with Crippen LogP contribution in [0.3, 0.4) is 0 Å². The summed E-state index contributed by atoms with van der Waals surface area (Å²) in [4.78, 5) is 0. The molecule has 186 valence electrons. The van der Waals surface area contributed by atoms with Gasteiger partial charge in [-0.2, -0.15) is 0 Å². The van der Waals surface area contributed by atoms with Gasteiger partial charge in [-0.25, -0.2) is 13.2 Å². The molecule has 4 aliphatic rings. The van der Waals surface area contributed by atoms with Gasteiger partial charge in [-0.15, -0.1) is 0 Å². The fraction of sp³-hybridized carbons (Fsp3) is 1.00. The Balaban J connectivity index is 1.18. The van der Waals surface area contributed by atoms with Crippen molar-refractivity contribution >= 4 is 0 Å². The molecule has 4 rings (SSSR count). The molecule has 0 aromatic carbocycles. The summed E-state index contributed by atoms with van der Waals surface area (Å²) in [5.41, 5.74) is 0. The molecule has 3 heteroatoms. The van der Waals surface area contributed by atoms with Crippen molar-refractivity contribution in [2.24, 2.45) is 47.3 Å². The highest BCUT2D eigenvalue weighted by Gasteiger charge is 2.46. The molecule has 0 N–H and O–H groups in total. The van der Waals surface area contributed by atoms with Crippen LogP contribution in [0.4, 0.5) is 13.2 Å². The van der Waals surface area contributed by atoms with Gasteiger partial charge in [0.2, 0.25) is 0 Å². The number of alkyl halides is 3. The Morgan fingerprint density at radius 2 is 1.09 bits per heavy atom. The third-order valence-electron chi connectivity index (χ3n) is 10.6. The molecule has 0 nitrogen and oxygen atoms in total. The largest absolute Gasteiger partial charge is 0.247 e. The summed E-state index contributed by atoms with van der Waals surface area (Å²) in [5.74, 6) is 3.12. The first-order valence-corrected chi connectivity index (χ1v) is 14.4. The molecule has 0 radical (unpaired) electrons. The molecule has 0 amide bonds. The maximum Gasteiger partial charge on any atom is 0.134 e. The van der Waals surface area contributed by atoms with Gasteiger partial charge in [0.1, 0.15) is 18.5 Å². The van der Waals surface area contributed by atoms with Crippen molar-refractivity contribution in [3.05, 3.63) is 0 Å². The SMILES string of the molecule is CCC1CCC(CCC2CCC(C3CCC(C4CCC(C)CC4)C(F)C3F)CC2)CC1F. The zero-order valence-corrected chi connectivity index (χ0v) is 20.8. The van der Waals surface area contributed by atoms with Crippen molar-refractivity contribution in [3.8, 4) is 0 Å². The lowest BCUT2D eigenvalue weighted by Crippen LogP contribution is -2.45. The number of hydrogen-bond donors (Lipinski definition) is 0. The van der Waals surface area contributed by atoms with Gasteiger partial charge in [-0.05, 0) is 105 Å². The van der Waals surface area contributed by atoms with Gasteiger partial charge >= 0.3 is 0 Å². The molecular formula is C29H49F3. The van der Waals surface area contributed by atoms with Crippen molar-refractivity contribution < 1.29 is 13.2 Å². The quantitative estimate of drug-likeness (QED) is 0.375. The Morgan fingerprint density at radius 1 is 0.594 bits per heavy atom. The van der Waals surface area contributed by atoms with Crippen LogP contribution in [0.1, 0.15) is 117 Å². The van der Waals surface area contributed by atoms with Crippen molar-refractivity contribution in [2.45, 2.75) is 135 Å². The van der Waals surface area contributed by atoms with Gasteiger partial charge in [0, 0.05) is 0 Å². The van der Waals surface area contributed by atoms with Crippen LogP contribution < -0.4 is 0 Å². The molecule has 0 spiro atoms. The molecule has 32 heavy (non-hydrogen) atoms. The van der Waals surface area contributed by atoms with Crippen LogP contribution in [0.2, 0.25) is 0 Å². The average Bonchev–Trinajstić information content (AvgIpc) is 2.81. The molecule has 4 fully saturated rings. The smallest absolute Gasteiger partial charge is 0.134 e. The van der Waals surface area contributed by atoms with E-state index in [2.05, 4.69) is 13.8 Å². The minimum Gasteiger partial charge on any atom is -0.247 e. The molecule has 0 aromatic heterocycles. The highest BCUT2D eigenvalue weighted by Crippen LogP contribution is 2.48. The van der Waals surface area contributed by atoms with E-state index in [1.165, 1.54) is 44.9 Å². The van der Waals surface area contributed by atoms with E-state index < -0.39 is 18.5 Å². The normalized spacial score (nSPS) is 48.5. The Labute approximate surface area is 195 Å². The van der Waals surface area contributed by atoms with Gasteiger partial charge in [0.25, 0.3) is 0 Å². The van der Waals surface area contributed by atoms with Crippen molar-refractivity contribution in [1.82, 2.24) is 0 Å². The van der Waals surface area contributed by atoms with Crippen LogP contribution in [0.5, 0.6) is 0 Å². The maximum atomic E-state index is 15.3. The van der Waals surface area contributed by atoms with E-state index >= 15 is 8.78 Å². The zero-order valence-electron chi connectivity index (χ0n) is 20.8. The van der Waals surface area contributed by atoms with Crippen molar-refractivity contribution in [3.63, 3.8) is 0 Å². The van der Waals surface area contributed by atoms with Crippen LogP contribution in [-0.4, -0.2) is 18.5 Å².